The number of aliphatic hydroxyl groups is 1. The van der Waals surface area contributed by atoms with E-state index in [2.05, 4.69) is 36.1 Å². The maximum absolute atomic E-state index is 12.5. The Morgan fingerprint density at radius 2 is 2.05 bits per heavy atom. The molecule has 4 nitrogen and oxygen atoms in total. The average Bonchev–Trinajstić information content (AvgIpc) is 2.95. The van der Waals surface area contributed by atoms with E-state index < -0.39 is 5.60 Å². The molecule has 2 heterocycles. The molecule has 0 spiro atoms. The third-order valence-electron chi connectivity index (χ3n) is 4.33. The number of anilines is 1. The van der Waals surface area contributed by atoms with Crippen LogP contribution in [0.5, 0.6) is 0 Å². The number of benzene rings is 1. The number of aryl methyl sites for hydroxylation is 1. The van der Waals surface area contributed by atoms with Crippen LogP contribution in [0.15, 0.2) is 24.3 Å². The first-order valence-corrected chi connectivity index (χ1v) is 8.65. The van der Waals surface area contributed by atoms with Gasteiger partial charge >= 0.3 is 0 Å². The van der Waals surface area contributed by atoms with Gasteiger partial charge in [0.2, 0.25) is 0 Å². The lowest BCUT2D eigenvalue weighted by molar-refractivity contribution is -0.149. The summed E-state index contributed by atoms with van der Waals surface area (Å²) in [6.45, 7) is 5.15. The quantitative estimate of drug-likeness (QED) is 0.899. The minimum Gasteiger partial charge on any atom is -0.379 e. The Kier molecular flexibility index (Phi) is 4.13. The summed E-state index contributed by atoms with van der Waals surface area (Å²) in [5.74, 6) is 1.35. The van der Waals surface area contributed by atoms with Gasteiger partial charge in [0.1, 0.15) is 0 Å². The van der Waals surface area contributed by atoms with Gasteiger partial charge in [-0.15, -0.1) is 0 Å². The third-order valence-corrected chi connectivity index (χ3v) is 5.51. The van der Waals surface area contributed by atoms with E-state index in [1.54, 1.807) is 11.8 Å². The maximum Gasteiger partial charge on any atom is 0.255 e. The Bertz CT molecular complexity index is 521. The molecule has 1 atom stereocenters. The smallest absolute Gasteiger partial charge is 0.255 e. The molecule has 2 aliphatic rings. The summed E-state index contributed by atoms with van der Waals surface area (Å²) in [7, 11) is 0. The van der Waals surface area contributed by atoms with E-state index in [1.165, 1.54) is 11.3 Å². The van der Waals surface area contributed by atoms with Gasteiger partial charge in [0, 0.05) is 37.6 Å². The van der Waals surface area contributed by atoms with Gasteiger partial charge in [0.25, 0.3) is 5.91 Å². The molecule has 0 saturated carbocycles. The van der Waals surface area contributed by atoms with E-state index >= 15 is 0 Å². The lowest BCUT2D eigenvalue weighted by atomic mass is 10.0. The van der Waals surface area contributed by atoms with Gasteiger partial charge in [-0.25, -0.2) is 0 Å². The normalized spacial score (nSPS) is 26.2. The Labute approximate surface area is 130 Å². The largest absolute Gasteiger partial charge is 0.379 e. The molecular weight excluding hydrogens is 284 g/mol. The zero-order chi connectivity index (χ0) is 14.9. The van der Waals surface area contributed by atoms with Crippen LogP contribution in [0.1, 0.15) is 12.0 Å². The maximum atomic E-state index is 12.5. The highest BCUT2D eigenvalue weighted by atomic mass is 32.2. The monoisotopic (exact) mass is 306 g/mol. The van der Waals surface area contributed by atoms with Crippen molar-refractivity contribution in [2.45, 2.75) is 18.9 Å². The molecule has 21 heavy (non-hydrogen) atoms. The number of piperazine rings is 1. The number of hydrogen-bond acceptors (Lipinski definition) is 4. The molecule has 2 fully saturated rings. The second kappa shape index (κ2) is 5.89. The van der Waals surface area contributed by atoms with Gasteiger partial charge in [-0.1, -0.05) is 12.1 Å². The Balaban J connectivity index is 1.61. The summed E-state index contributed by atoms with van der Waals surface area (Å²) in [5, 5.41) is 10.4. The summed E-state index contributed by atoms with van der Waals surface area (Å²) in [6.07, 6.45) is 0.592. The van der Waals surface area contributed by atoms with Crippen molar-refractivity contribution in [3.05, 3.63) is 29.8 Å². The Hall–Kier alpha value is -1.20. The first kappa shape index (κ1) is 14.7. The number of nitrogens with zero attached hydrogens (tertiary/aromatic N) is 2. The van der Waals surface area contributed by atoms with E-state index in [1.807, 2.05) is 4.90 Å². The van der Waals surface area contributed by atoms with Crippen LogP contribution in [-0.4, -0.2) is 59.2 Å². The summed E-state index contributed by atoms with van der Waals surface area (Å²) < 4.78 is 0. The lowest BCUT2D eigenvalue weighted by Crippen LogP contribution is -2.56. The van der Waals surface area contributed by atoms with E-state index in [-0.39, 0.29) is 5.91 Å². The fraction of sp³-hybridized carbons (Fsp3) is 0.562. The summed E-state index contributed by atoms with van der Waals surface area (Å²) in [4.78, 5) is 16.6. The Morgan fingerprint density at radius 3 is 2.67 bits per heavy atom. The van der Waals surface area contributed by atoms with Crippen LogP contribution in [-0.2, 0) is 4.79 Å². The SMILES string of the molecule is Cc1cccc(N2CCN(C(=O)C3(O)CCSC3)CC2)c1. The van der Waals surface area contributed by atoms with Crippen molar-refractivity contribution >= 4 is 23.4 Å². The second-order valence-electron chi connectivity index (χ2n) is 5.95. The van der Waals surface area contributed by atoms with E-state index in [9.17, 15) is 9.90 Å². The zero-order valence-electron chi connectivity index (χ0n) is 12.4. The van der Waals surface area contributed by atoms with E-state index in [0.29, 0.717) is 25.3 Å². The van der Waals surface area contributed by atoms with Crippen molar-refractivity contribution in [3.63, 3.8) is 0 Å². The first-order chi connectivity index (χ1) is 10.1. The second-order valence-corrected chi connectivity index (χ2v) is 7.06. The molecule has 3 rings (SSSR count). The Morgan fingerprint density at radius 1 is 1.29 bits per heavy atom. The van der Waals surface area contributed by atoms with Crippen molar-refractivity contribution in [1.82, 2.24) is 4.90 Å². The topological polar surface area (TPSA) is 43.8 Å². The molecule has 1 unspecified atom stereocenters. The molecule has 2 saturated heterocycles. The molecule has 1 amide bonds. The molecule has 1 N–H and O–H groups in total. The van der Waals surface area contributed by atoms with Crippen LogP contribution in [0, 0.1) is 6.92 Å². The zero-order valence-corrected chi connectivity index (χ0v) is 13.2. The van der Waals surface area contributed by atoms with Crippen LogP contribution in [0.4, 0.5) is 5.69 Å². The van der Waals surface area contributed by atoms with E-state index in [4.69, 9.17) is 0 Å². The number of thioether (sulfide) groups is 1. The van der Waals surface area contributed by atoms with Crippen molar-refractivity contribution in [1.29, 1.82) is 0 Å². The predicted octanol–water partition coefficient (Wildman–Crippen LogP) is 1.51. The van der Waals surface area contributed by atoms with Gasteiger partial charge in [-0.05, 0) is 36.8 Å². The molecule has 5 heteroatoms. The highest BCUT2D eigenvalue weighted by molar-refractivity contribution is 7.99. The van der Waals surface area contributed by atoms with Crippen molar-refractivity contribution in [2.75, 3.05) is 42.6 Å². The van der Waals surface area contributed by atoms with Gasteiger partial charge in [0.15, 0.2) is 5.60 Å². The van der Waals surface area contributed by atoms with Gasteiger partial charge in [-0.3, -0.25) is 4.79 Å². The highest BCUT2D eigenvalue weighted by Gasteiger charge is 2.42. The molecule has 1 aromatic rings. The van der Waals surface area contributed by atoms with Crippen molar-refractivity contribution in [2.24, 2.45) is 0 Å². The molecule has 1 aromatic carbocycles. The minimum atomic E-state index is -1.11. The van der Waals surface area contributed by atoms with Crippen molar-refractivity contribution < 1.29 is 9.90 Å². The predicted molar refractivity (Wildman–Crippen MR) is 86.9 cm³/mol. The molecule has 2 aliphatic heterocycles. The number of hydrogen-bond donors (Lipinski definition) is 1. The summed E-state index contributed by atoms with van der Waals surface area (Å²) >= 11 is 1.66. The molecule has 0 aliphatic carbocycles. The van der Waals surface area contributed by atoms with Crippen LogP contribution in [0.3, 0.4) is 0 Å². The fourth-order valence-corrected chi connectivity index (χ4v) is 4.24. The van der Waals surface area contributed by atoms with Crippen LogP contribution >= 0.6 is 11.8 Å². The van der Waals surface area contributed by atoms with Gasteiger partial charge in [0.05, 0.1) is 0 Å². The van der Waals surface area contributed by atoms with Crippen LogP contribution in [0.25, 0.3) is 0 Å². The summed E-state index contributed by atoms with van der Waals surface area (Å²) in [6, 6.07) is 8.46. The molecule has 114 valence electrons. The van der Waals surface area contributed by atoms with Crippen LogP contribution < -0.4 is 4.90 Å². The fourth-order valence-electron chi connectivity index (χ4n) is 3.01. The standard InChI is InChI=1S/C16H22N2O2S/c1-13-3-2-4-14(11-13)17-6-8-18(9-7-17)15(19)16(20)5-10-21-12-16/h2-4,11,20H,5-10,12H2,1H3. The number of amides is 1. The highest BCUT2D eigenvalue weighted by Crippen LogP contribution is 2.30. The van der Waals surface area contributed by atoms with E-state index in [0.717, 1.165) is 18.8 Å². The molecule has 0 bridgehead atoms. The third kappa shape index (κ3) is 3.04. The van der Waals surface area contributed by atoms with Crippen LogP contribution in [0.2, 0.25) is 0 Å². The lowest BCUT2D eigenvalue weighted by Gasteiger charge is -2.38. The molecule has 0 aromatic heterocycles. The number of carbonyl (C=O) groups excluding carboxylic acids is 1. The number of rotatable bonds is 2. The summed E-state index contributed by atoms with van der Waals surface area (Å²) in [5.41, 5.74) is 1.36. The first-order valence-electron chi connectivity index (χ1n) is 7.50. The molecular formula is C16H22N2O2S. The van der Waals surface area contributed by atoms with Gasteiger partial charge in [-0.2, -0.15) is 11.8 Å². The van der Waals surface area contributed by atoms with Gasteiger partial charge < -0.3 is 14.9 Å². The molecule has 0 radical (unpaired) electrons. The van der Waals surface area contributed by atoms with Crippen molar-refractivity contribution in [3.8, 4) is 0 Å². The number of carbonyl (C=O) groups is 1. The minimum absolute atomic E-state index is 0.0728. The average molecular weight is 306 g/mol.